The number of hydrogen-bond donors (Lipinski definition) is 0. The normalized spacial score (nSPS) is 12.1. The number of carbonyl (C=O) groups is 1. The lowest BCUT2D eigenvalue weighted by atomic mass is 10.3. The van der Waals surface area contributed by atoms with Gasteiger partial charge < -0.3 is 4.74 Å². The number of carbonyl (C=O) groups excluding carboxylic acids is 1. The topological polar surface area (TPSA) is 69.4 Å². The van der Waals surface area contributed by atoms with Crippen LogP contribution in [0.15, 0.2) is 28.0 Å². The van der Waals surface area contributed by atoms with Crippen molar-refractivity contribution in [3.63, 3.8) is 0 Å². The summed E-state index contributed by atoms with van der Waals surface area (Å²) in [5, 5.41) is 10.9. The van der Waals surface area contributed by atoms with Crippen molar-refractivity contribution in [3.05, 3.63) is 28.3 Å². The van der Waals surface area contributed by atoms with E-state index in [1.165, 1.54) is 0 Å². The minimum atomic E-state index is -4.71. The minimum Gasteiger partial charge on any atom is -0.455 e. The van der Waals surface area contributed by atoms with Crippen LogP contribution in [-0.2, 0) is 9.53 Å². The molecule has 0 N–H and O–H groups in total. The molecule has 0 atom stereocenters. The molecule has 13 heteroatoms. The van der Waals surface area contributed by atoms with Crippen molar-refractivity contribution in [1.82, 2.24) is 0 Å². The zero-order chi connectivity index (χ0) is 18.5. The van der Waals surface area contributed by atoms with E-state index in [4.69, 9.17) is 0 Å². The molecule has 1 rings (SSSR count). The maximum absolute atomic E-state index is 12.2. The maximum atomic E-state index is 12.2. The first-order valence-corrected chi connectivity index (χ1v) is 7.57. The van der Waals surface area contributed by atoms with E-state index in [-0.39, 0.29) is 4.90 Å². The SMILES string of the molecule is O=C(CSc1ccc(SC(F)(F)F)cc1[N+](=O)[O-])OCC(F)(F)F. The van der Waals surface area contributed by atoms with Gasteiger partial charge in [0.2, 0.25) is 0 Å². The zero-order valence-electron chi connectivity index (χ0n) is 11.3. The highest BCUT2D eigenvalue weighted by molar-refractivity contribution is 8.00. The van der Waals surface area contributed by atoms with E-state index in [1.807, 2.05) is 0 Å². The second-order valence-corrected chi connectivity index (χ2v) is 6.15. The number of benzene rings is 1. The number of hydrogen-bond acceptors (Lipinski definition) is 6. The predicted octanol–water partition coefficient (Wildman–Crippen LogP) is 4.40. The average Bonchev–Trinajstić information content (AvgIpc) is 2.41. The van der Waals surface area contributed by atoms with Crippen molar-refractivity contribution in [1.29, 1.82) is 0 Å². The van der Waals surface area contributed by atoms with E-state index in [9.17, 15) is 41.3 Å². The summed E-state index contributed by atoms with van der Waals surface area (Å²) < 4.78 is 76.2. The van der Waals surface area contributed by atoms with Crippen molar-refractivity contribution in [3.8, 4) is 0 Å². The molecule has 0 unspecified atom stereocenters. The van der Waals surface area contributed by atoms with Gasteiger partial charge >= 0.3 is 17.7 Å². The summed E-state index contributed by atoms with van der Waals surface area (Å²) in [4.78, 5) is 20.5. The Hall–Kier alpha value is -1.63. The van der Waals surface area contributed by atoms with Crippen molar-refractivity contribution < 1.29 is 40.8 Å². The van der Waals surface area contributed by atoms with Crippen LogP contribution < -0.4 is 0 Å². The average molecular weight is 395 g/mol. The van der Waals surface area contributed by atoms with Gasteiger partial charge in [-0.05, 0) is 23.9 Å². The quantitative estimate of drug-likeness (QED) is 0.234. The molecule has 0 aliphatic carbocycles. The molecule has 0 aromatic heterocycles. The lowest BCUT2D eigenvalue weighted by Crippen LogP contribution is -2.21. The summed E-state index contributed by atoms with van der Waals surface area (Å²) in [5.41, 5.74) is -5.33. The molecule has 0 saturated carbocycles. The van der Waals surface area contributed by atoms with Crippen LogP contribution in [0.4, 0.5) is 32.0 Å². The van der Waals surface area contributed by atoms with E-state index in [0.717, 1.165) is 12.1 Å². The first-order chi connectivity index (χ1) is 10.9. The number of thioether (sulfide) groups is 2. The van der Waals surface area contributed by atoms with Crippen LogP contribution in [0.3, 0.4) is 0 Å². The van der Waals surface area contributed by atoms with Gasteiger partial charge in [0.1, 0.15) is 0 Å². The number of ether oxygens (including phenoxy) is 1. The van der Waals surface area contributed by atoms with Gasteiger partial charge in [0.25, 0.3) is 5.69 Å². The van der Waals surface area contributed by atoms with Gasteiger partial charge in [-0.1, -0.05) is 0 Å². The standard InChI is InChI=1S/C11H7F6NO4S2/c12-10(13,14)5-22-9(19)4-23-8-2-1-6(24-11(15,16)17)3-7(8)18(20)21/h1-3H,4-5H2. The summed E-state index contributed by atoms with van der Waals surface area (Å²) in [6.07, 6.45) is -4.71. The highest BCUT2D eigenvalue weighted by atomic mass is 32.2. The number of esters is 1. The van der Waals surface area contributed by atoms with E-state index in [1.54, 1.807) is 0 Å². The molecule has 0 amide bonds. The van der Waals surface area contributed by atoms with E-state index in [0.29, 0.717) is 17.8 Å². The number of nitrogens with zero attached hydrogens (tertiary/aromatic N) is 1. The monoisotopic (exact) mass is 395 g/mol. The summed E-state index contributed by atoms with van der Waals surface area (Å²) in [7, 11) is 0. The smallest absolute Gasteiger partial charge is 0.446 e. The first-order valence-electron chi connectivity index (χ1n) is 5.77. The highest BCUT2D eigenvalue weighted by Crippen LogP contribution is 2.40. The molecule has 0 spiro atoms. The molecule has 5 nitrogen and oxygen atoms in total. The van der Waals surface area contributed by atoms with Gasteiger partial charge in [-0.3, -0.25) is 14.9 Å². The van der Waals surface area contributed by atoms with Crippen LogP contribution in [0.25, 0.3) is 0 Å². The number of rotatable bonds is 6. The molecular formula is C11H7F6NO4S2. The third kappa shape index (κ3) is 7.77. The molecule has 1 aromatic carbocycles. The van der Waals surface area contributed by atoms with Crippen LogP contribution in [0.1, 0.15) is 0 Å². The summed E-state index contributed by atoms with van der Waals surface area (Å²) in [6, 6.07) is 2.60. The molecule has 0 aliphatic rings. The predicted molar refractivity (Wildman–Crippen MR) is 72.7 cm³/mol. The van der Waals surface area contributed by atoms with E-state index >= 15 is 0 Å². The van der Waals surface area contributed by atoms with Gasteiger partial charge in [0, 0.05) is 11.0 Å². The van der Waals surface area contributed by atoms with Crippen molar-refractivity contribution >= 4 is 35.2 Å². The molecule has 0 radical (unpaired) electrons. The summed E-state index contributed by atoms with van der Waals surface area (Å²) in [6.45, 7) is -1.80. The number of nitro benzene ring substituents is 1. The zero-order valence-corrected chi connectivity index (χ0v) is 12.9. The van der Waals surface area contributed by atoms with Crippen molar-refractivity contribution in [2.24, 2.45) is 0 Å². The number of nitro groups is 1. The molecular weight excluding hydrogens is 388 g/mol. The third-order valence-electron chi connectivity index (χ3n) is 2.10. The molecule has 134 valence electrons. The Kier molecular flexibility index (Phi) is 6.77. The number of halogens is 6. The Morgan fingerprint density at radius 1 is 1.21 bits per heavy atom. The maximum Gasteiger partial charge on any atom is 0.446 e. The Morgan fingerprint density at radius 2 is 1.83 bits per heavy atom. The summed E-state index contributed by atoms with van der Waals surface area (Å²) in [5.74, 6) is -1.93. The molecule has 0 fully saturated rings. The first kappa shape index (κ1) is 20.4. The fourth-order valence-electron chi connectivity index (χ4n) is 1.30. The fourth-order valence-corrected chi connectivity index (χ4v) is 2.68. The van der Waals surface area contributed by atoms with Crippen molar-refractivity contribution in [2.45, 2.75) is 21.5 Å². The van der Waals surface area contributed by atoms with Gasteiger partial charge in [-0.25, -0.2) is 0 Å². The second-order valence-electron chi connectivity index (χ2n) is 4.00. The van der Waals surface area contributed by atoms with E-state index < -0.39 is 57.3 Å². The van der Waals surface area contributed by atoms with Gasteiger partial charge in [-0.2, -0.15) is 26.3 Å². The van der Waals surface area contributed by atoms with Crippen LogP contribution in [0.2, 0.25) is 0 Å². The summed E-state index contributed by atoms with van der Waals surface area (Å²) >= 11 is -0.0674. The van der Waals surface area contributed by atoms with Gasteiger partial charge in [-0.15, -0.1) is 11.8 Å². The molecule has 0 heterocycles. The fraction of sp³-hybridized carbons (Fsp3) is 0.364. The second kappa shape index (κ2) is 7.96. The third-order valence-corrected chi connectivity index (χ3v) is 3.86. The van der Waals surface area contributed by atoms with Crippen molar-refractivity contribution in [2.75, 3.05) is 12.4 Å². The van der Waals surface area contributed by atoms with Gasteiger partial charge in [0.05, 0.1) is 15.6 Å². The molecule has 0 saturated heterocycles. The van der Waals surface area contributed by atoms with Gasteiger partial charge in [0.15, 0.2) is 6.61 Å². The molecule has 24 heavy (non-hydrogen) atoms. The molecule has 0 bridgehead atoms. The molecule has 1 aromatic rings. The number of alkyl halides is 6. The van der Waals surface area contributed by atoms with Crippen LogP contribution in [0, 0.1) is 10.1 Å². The van der Waals surface area contributed by atoms with E-state index in [2.05, 4.69) is 4.74 Å². The van der Waals surface area contributed by atoms with Crippen LogP contribution in [0.5, 0.6) is 0 Å². The Bertz CT molecular complexity index is 620. The Labute approximate surface area is 138 Å². The Balaban J connectivity index is 2.77. The highest BCUT2D eigenvalue weighted by Gasteiger charge is 2.31. The van der Waals surface area contributed by atoms with Crippen LogP contribution >= 0.6 is 23.5 Å². The largest absolute Gasteiger partial charge is 0.455 e. The lowest BCUT2D eigenvalue weighted by molar-refractivity contribution is -0.387. The lowest BCUT2D eigenvalue weighted by Gasteiger charge is -2.09. The van der Waals surface area contributed by atoms with Crippen LogP contribution in [-0.4, -0.2) is 34.9 Å². The minimum absolute atomic E-state index is 0.171. The Morgan fingerprint density at radius 3 is 2.33 bits per heavy atom. The molecule has 0 aliphatic heterocycles.